The minimum atomic E-state index is -0.586. The summed E-state index contributed by atoms with van der Waals surface area (Å²) in [5.74, 6) is -0.385. The Hall–Kier alpha value is -1.16. The van der Waals surface area contributed by atoms with Gasteiger partial charge >= 0.3 is 0 Å². The molecule has 2 atom stereocenters. The first-order chi connectivity index (χ1) is 7.93. The molecule has 0 fully saturated rings. The van der Waals surface area contributed by atoms with Crippen molar-refractivity contribution in [2.45, 2.75) is 32.1 Å². The van der Waals surface area contributed by atoms with E-state index in [0.29, 0.717) is 12.0 Å². The maximum absolute atomic E-state index is 13.2. The van der Waals surface area contributed by atoms with E-state index in [9.17, 15) is 14.5 Å². The summed E-state index contributed by atoms with van der Waals surface area (Å²) >= 11 is 6.01. The first-order valence-corrected chi connectivity index (χ1v) is 5.95. The van der Waals surface area contributed by atoms with Gasteiger partial charge in [-0.1, -0.05) is 13.3 Å². The van der Waals surface area contributed by atoms with Crippen LogP contribution in [0.3, 0.4) is 0 Å². The van der Waals surface area contributed by atoms with Crippen molar-refractivity contribution in [1.29, 1.82) is 0 Å². The van der Waals surface area contributed by atoms with E-state index in [0.717, 1.165) is 12.5 Å². The normalized spacial score (nSPS) is 14.4. The number of alkyl halides is 1. The standard InChI is InChI=1S/C12H15ClFNO2/c1-3-10(8(2)13)4-9-5-11(14)7-12(6-9)15(16)17/h5-8,10H,3-4H2,1-2H3. The van der Waals surface area contributed by atoms with Crippen molar-refractivity contribution in [3.8, 4) is 0 Å². The minimum Gasteiger partial charge on any atom is -0.258 e. The van der Waals surface area contributed by atoms with Crippen LogP contribution in [0, 0.1) is 21.8 Å². The van der Waals surface area contributed by atoms with Gasteiger partial charge in [-0.05, 0) is 30.9 Å². The fourth-order valence-corrected chi connectivity index (χ4v) is 2.06. The third-order valence-electron chi connectivity index (χ3n) is 2.82. The van der Waals surface area contributed by atoms with Gasteiger partial charge in [0.25, 0.3) is 5.69 Å². The van der Waals surface area contributed by atoms with Crippen molar-refractivity contribution < 1.29 is 9.31 Å². The molecule has 0 aliphatic carbocycles. The van der Waals surface area contributed by atoms with Crippen LogP contribution >= 0.6 is 11.6 Å². The van der Waals surface area contributed by atoms with Crippen molar-refractivity contribution in [2.24, 2.45) is 5.92 Å². The lowest BCUT2D eigenvalue weighted by molar-refractivity contribution is -0.385. The number of hydrogen-bond acceptors (Lipinski definition) is 2. The second-order valence-corrected chi connectivity index (χ2v) is 4.81. The highest BCUT2D eigenvalue weighted by molar-refractivity contribution is 6.20. The molecule has 3 nitrogen and oxygen atoms in total. The number of nitro groups is 1. The van der Waals surface area contributed by atoms with Crippen LogP contribution in [0.5, 0.6) is 0 Å². The summed E-state index contributed by atoms with van der Waals surface area (Å²) in [6, 6.07) is 3.66. The van der Waals surface area contributed by atoms with Crippen LogP contribution in [-0.2, 0) is 6.42 Å². The van der Waals surface area contributed by atoms with E-state index in [2.05, 4.69) is 0 Å². The summed E-state index contributed by atoms with van der Waals surface area (Å²) in [6.07, 6.45) is 1.41. The number of rotatable bonds is 5. The molecule has 94 valence electrons. The second-order valence-electron chi connectivity index (χ2n) is 4.12. The topological polar surface area (TPSA) is 43.1 Å². The highest BCUT2D eigenvalue weighted by atomic mass is 35.5. The van der Waals surface area contributed by atoms with Crippen molar-refractivity contribution in [2.75, 3.05) is 0 Å². The molecular weight excluding hydrogens is 245 g/mol. The second kappa shape index (κ2) is 5.96. The summed E-state index contributed by atoms with van der Waals surface area (Å²) in [7, 11) is 0. The number of nitro benzene ring substituents is 1. The molecule has 2 unspecified atom stereocenters. The smallest absolute Gasteiger partial charge is 0.258 e. The SMILES string of the molecule is CCC(Cc1cc(F)cc([N+](=O)[O-])c1)C(C)Cl. The van der Waals surface area contributed by atoms with Crippen molar-refractivity contribution in [3.05, 3.63) is 39.7 Å². The molecule has 0 amide bonds. The average Bonchev–Trinajstić information content (AvgIpc) is 2.24. The Morgan fingerprint density at radius 3 is 2.59 bits per heavy atom. The van der Waals surface area contributed by atoms with Crippen molar-refractivity contribution in [1.82, 2.24) is 0 Å². The Labute approximate surface area is 105 Å². The summed E-state index contributed by atoms with van der Waals surface area (Å²) in [5.41, 5.74) is 0.410. The van der Waals surface area contributed by atoms with Crippen LogP contribution in [0.4, 0.5) is 10.1 Å². The number of hydrogen-bond donors (Lipinski definition) is 0. The summed E-state index contributed by atoms with van der Waals surface area (Å²) in [5, 5.41) is 10.6. The van der Waals surface area contributed by atoms with Crippen molar-refractivity contribution >= 4 is 17.3 Å². The maximum Gasteiger partial charge on any atom is 0.272 e. The quantitative estimate of drug-likeness (QED) is 0.457. The molecule has 1 aromatic carbocycles. The molecule has 1 aromatic rings. The zero-order chi connectivity index (χ0) is 13.0. The molecule has 17 heavy (non-hydrogen) atoms. The zero-order valence-corrected chi connectivity index (χ0v) is 10.6. The molecule has 0 aliphatic rings. The van der Waals surface area contributed by atoms with Gasteiger partial charge in [0.1, 0.15) is 5.82 Å². The molecule has 0 bridgehead atoms. The third kappa shape index (κ3) is 3.97. The van der Waals surface area contributed by atoms with Crippen LogP contribution in [-0.4, -0.2) is 10.3 Å². The van der Waals surface area contributed by atoms with Crippen LogP contribution < -0.4 is 0 Å². The maximum atomic E-state index is 13.2. The summed E-state index contributed by atoms with van der Waals surface area (Å²) in [6.45, 7) is 3.88. The molecule has 0 saturated carbocycles. The zero-order valence-electron chi connectivity index (χ0n) is 9.82. The van der Waals surface area contributed by atoms with E-state index >= 15 is 0 Å². The monoisotopic (exact) mass is 259 g/mol. The third-order valence-corrected chi connectivity index (χ3v) is 3.18. The molecule has 0 spiro atoms. The minimum absolute atomic E-state index is 0.0395. The molecular formula is C12H15ClFNO2. The van der Waals surface area contributed by atoms with Crippen LogP contribution in [0.2, 0.25) is 0 Å². The van der Waals surface area contributed by atoms with Gasteiger partial charge in [-0.25, -0.2) is 4.39 Å². The molecule has 0 radical (unpaired) electrons. The van der Waals surface area contributed by atoms with Gasteiger partial charge in [0.2, 0.25) is 0 Å². The first kappa shape index (κ1) is 13.9. The lowest BCUT2D eigenvalue weighted by Gasteiger charge is -2.17. The molecule has 0 heterocycles. The van der Waals surface area contributed by atoms with Gasteiger partial charge in [-0.15, -0.1) is 11.6 Å². The van der Waals surface area contributed by atoms with Gasteiger partial charge in [-0.3, -0.25) is 10.1 Å². The van der Waals surface area contributed by atoms with Crippen molar-refractivity contribution in [3.63, 3.8) is 0 Å². The fraction of sp³-hybridized carbons (Fsp3) is 0.500. The van der Waals surface area contributed by atoms with E-state index in [1.165, 1.54) is 12.1 Å². The molecule has 0 aromatic heterocycles. The van der Waals surface area contributed by atoms with Gasteiger partial charge in [0.05, 0.1) is 11.0 Å². The van der Waals surface area contributed by atoms with Gasteiger partial charge in [0.15, 0.2) is 0 Å². The Morgan fingerprint density at radius 2 is 2.12 bits per heavy atom. The predicted molar refractivity (Wildman–Crippen MR) is 65.9 cm³/mol. The first-order valence-electron chi connectivity index (χ1n) is 5.52. The fourth-order valence-electron chi connectivity index (χ4n) is 1.79. The lowest BCUT2D eigenvalue weighted by atomic mass is 9.94. The Kier molecular flexibility index (Phi) is 4.87. The number of nitrogens with zero attached hydrogens (tertiary/aromatic N) is 1. The Bertz CT molecular complexity index is 409. The Morgan fingerprint density at radius 1 is 1.47 bits per heavy atom. The Balaban J connectivity index is 2.94. The molecule has 0 N–H and O–H groups in total. The summed E-state index contributed by atoms with van der Waals surface area (Å²) < 4.78 is 13.2. The largest absolute Gasteiger partial charge is 0.272 e. The number of non-ortho nitro benzene ring substituents is 1. The van der Waals surface area contributed by atoms with Gasteiger partial charge in [-0.2, -0.15) is 0 Å². The van der Waals surface area contributed by atoms with Crippen LogP contribution in [0.25, 0.3) is 0 Å². The van der Waals surface area contributed by atoms with E-state index in [4.69, 9.17) is 11.6 Å². The summed E-state index contributed by atoms with van der Waals surface area (Å²) in [4.78, 5) is 10.0. The number of halogens is 2. The van der Waals surface area contributed by atoms with Crippen LogP contribution in [0.15, 0.2) is 18.2 Å². The van der Waals surface area contributed by atoms with E-state index < -0.39 is 10.7 Å². The van der Waals surface area contributed by atoms with E-state index in [1.807, 2.05) is 13.8 Å². The molecule has 1 rings (SSSR count). The van der Waals surface area contributed by atoms with Gasteiger partial charge < -0.3 is 0 Å². The molecule has 0 saturated heterocycles. The molecule has 0 aliphatic heterocycles. The van der Waals surface area contributed by atoms with E-state index in [-0.39, 0.29) is 17.0 Å². The average molecular weight is 260 g/mol. The molecule has 5 heteroatoms. The highest BCUT2D eigenvalue weighted by Crippen LogP contribution is 2.23. The highest BCUT2D eigenvalue weighted by Gasteiger charge is 2.16. The van der Waals surface area contributed by atoms with Crippen LogP contribution in [0.1, 0.15) is 25.8 Å². The number of benzene rings is 1. The van der Waals surface area contributed by atoms with Gasteiger partial charge in [0, 0.05) is 11.4 Å². The van der Waals surface area contributed by atoms with E-state index in [1.54, 1.807) is 0 Å². The predicted octanol–water partition coefficient (Wildman–Crippen LogP) is 3.93. The lowest BCUT2D eigenvalue weighted by Crippen LogP contribution is -2.13.